The molecule has 2 fully saturated rings. The van der Waals surface area contributed by atoms with Crippen molar-refractivity contribution in [3.05, 3.63) is 33.4 Å². The molecular formula is C16H23N3O3. The molecule has 1 saturated heterocycles. The first-order valence-electron chi connectivity index (χ1n) is 8.01. The van der Waals surface area contributed by atoms with Crippen molar-refractivity contribution in [3.63, 3.8) is 0 Å². The summed E-state index contributed by atoms with van der Waals surface area (Å²) >= 11 is 0. The second kappa shape index (κ2) is 6.22. The Morgan fingerprint density at radius 1 is 1.36 bits per heavy atom. The number of piperazine rings is 1. The van der Waals surface area contributed by atoms with E-state index in [0.717, 1.165) is 39.0 Å². The van der Waals surface area contributed by atoms with E-state index in [2.05, 4.69) is 10.2 Å². The van der Waals surface area contributed by atoms with Crippen LogP contribution in [0.5, 0.6) is 5.75 Å². The normalized spacial score (nSPS) is 21.3. The number of aromatic hydroxyl groups is 1. The molecule has 2 aliphatic rings. The zero-order chi connectivity index (χ0) is 15.7. The molecule has 1 heterocycles. The zero-order valence-electron chi connectivity index (χ0n) is 12.9. The highest BCUT2D eigenvalue weighted by atomic mass is 16.6. The van der Waals surface area contributed by atoms with Crippen molar-refractivity contribution in [2.45, 2.75) is 32.2 Å². The fourth-order valence-electron chi connectivity index (χ4n) is 3.59. The molecule has 3 rings (SSSR count). The van der Waals surface area contributed by atoms with Gasteiger partial charge in [0.25, 0.3) is 5.69 Å². The zero-order valence-corrected chi connectivity index (χ0v) is 12.9. The van der Waals surface area contributed by atoms with Crippen LogP contribution in [0.1, 0.15) is 36.4 Å². The van der Waals surface area contributed by atoms with Gasteiger partial charge in [0.15, 0.2) is 0 Å². The van der Waals surface area contributed by atoms with Gasteiger partial charge in [-0.15, -0.1) is 0 Å². The number of rotatable bonds is 4. The van der Waals surface area contributed by atoms with Crippen LogP contribution in [0.15, 0.2) is 12.1 Å². The Balaban J connectivity index is 2.06. The minimum atomic E-state index is -0.359. The number of nitro groups is 1. The van der Waals surface area contributed by atoms with E-state index >= 15 is 0 Å². The summed E-state index contributed by atoms with van der Waals surface area (Å²) in [5.41, 5.74) is 1.29. The lowest BCUT2D eigenvalue weighted by Gasteiger charge is -2.43. The number of hydrogen-bond acceptors (Lipinski definition) is 5. The lowest BCUT2D eigenvalue weighted by molar-refractivity contribution is -0.386. The van der Waals surface area contributed by atoms with Crippen LogP contribution in [0.4, 0.5) is 5.69 Å². The Labute approximate surface area is 130 Å². The molecule has 1 aromatic carbocycles. The predicted octanol–water partition coefficient (Wildman–Crippen LogP) is 2.36. The van der Waals surface area contributed by atoms with Gasteiger partial charge >= 0.3 is 0 Å². The number of nitrogens with one attached hydrogen (secondary N) is 1. The molecule has 0 bridgehead atoms. The predicted molar refractivity (Wildman–Crippen MR) is 84.0 cm³/mol. The second-order valence-electron chi connectivity index (χ2n) is 6.34. The van der Waals surface area contributed by atoms with Gasteiger partial charge in [0.1, 0.15) is 5.75 Å². The summed E-state index contributed by atoms with van der Waals surface area (Å²) in [7, 11) is 0. The first-order chi connectivity index (χ1) is 10.6. The quantitative estimate of drug-likeness (QED) is 0.659. The number of phenols is 1. The smallest absolute Gasteiger partial charge is 0.277 e. The minimum absolute atomic E-state index is 0.0452. The van der Waals surface area contributed by atoms with E-state index in [1.807, 2.05) is 0 Å². The van der Waals surface area contributed by atoms with Crippen molar-refractivity contribution < 1.29 is 10.0 Å². The standard InChI is InChI=1S/C16H23N3O3/c1-11-5-6-13(19(21)22)14(16(11)20)15(12-3-2-4-12)18-9-7-17-8-10-18/h5-6,12,15,17,20H,2-4,7-10H2,1H3/t15-/m1/s1. The van der Waals surface area contributed by atoms with Crippen molar-refractivity contribution in [1.82, 2.24) is 10.2 Å². The molecule has 1 aliphatic carbocycles. The van der Waals surface area contributed by atoms with E-state index < -0.39 is 0 Å². The summed E-state index contributed by atoms with van der Waals surface area (Å²) < 4.78 is 0. The Morgan fingerprint density at radius 3 is 2.59 bits per heavy atom. The van der Waals surface area contributed by atoms with Crippen LogP contribution in [-0.2, 0) is 0 Å². The Morgan fingerprint density at radius 2 is 2.05 bits per heavy atom. The highest BCUT2D eigenvalue weighted by Crippen LogP contribution is 2.48. The molecule has 2 N–H and O–H groups in total. The number of nitro benzene ring substituents is 1. The molecule has 0 amide bonds. The van der Waals surface area contributed by atoms with Gasteiger partial charge in [0.05, 0.1) is 10.5 Å². The average Bonchev–Trinajstić information content (AvgIpc) is 2.46. The molecule has 0 radical (unpaired) electrons. The molecule has 0 spiro atoms. The second-order valence-corrected chi connectivity index (χ2v) is 6.34. The minimum Gasteiger partial charge on any atom is -0.507 e. The fraction of sp³-hybridized carbons (Fsp3) is 0.625. The summed E-state index contributed by atoms with van der Waals surface area (Å²) in [5.74, 6) is 0.508. The van der Waals surface area contributed by atoms with E-state index in [4.69, 9.17) is 0 Å². The maximum atomic E-state index is 11.5. The molecule has 0 aromatic heterocycles. The third kappa shape index (κ3) is 2.68. The summed E-state index contributed by atoms with van der Waals surface area (Å²) in [5, 5.41) is 25.3. The molecule has 6 nitrogen and oxygen atoms in total. The van der Waals surface area contributed by atoms with Gasteiger partial charge in [-0.25, -0.2) is 0 Å². The SMILES string of the molecule is Cc1ccc([N+](=O)[O-])c([C@@H](C2CCC2)N2CCNCC2)c1O. The third-order valence-corrected chi connectivity index (χ3v) is 5.03. The van der Waals surface area contributed by atoms with E-state index in [-0.39, 0.29) is 22.4 Å². The maximum absolute atomic E-state index is 11.5. The van der Waals surface area contributed by atoms with Gasteiger partial charge < -0.3 is 10.4 Å². The molecule has 22 heavy (non-hydrogen) atoms. The van der Waals surface area contributed by atoms with Crippen LogP contribution in [0.25, 0.3) is 0 Å². The number of aryl methyl sites for hydroxylation is 1. The van der Waals surface area contributed by atoms with Gasteiger partial charge in [-0.05, 0) is 37.3 Å². The Bertz CT molecular complexity index is 566. The summed E-state index contributed by atoms with van der Waals surface area (Å²) in [6.07, 6.45) is 3.34. The lowest BCUT2D eigenvalue weighted by Crippen LogP contribution is -2.48. The van der Waals surface area contributed by atoms with Crippen LogP contribution in [0.3, 0.4) is 0 Å². The van der Waals surface area contributed by atoms with Gasteiger partial charge in [-0.1, -0.05) is 6.42 Å². The molecule has 6 heteroatoms. The molecule has 1 atom stereocenters. The lowest BCUT2D eigenvalue weighted by atomic mass is 9.75. The molecule has 1 aromatic rings. The molecule has 120 valence electrons. The highest BCUT2D eigenvalue weighted by Gasteiger charge is 2.39. The summed E-state index contributed by atoms with van der Waals surface area (Å²) in [6.45, 7) is 5.32. The maximum Gasteiger partial charge on any atom is 0.277 e. The number of phenolic OH excluding ortho intramolecular Hbond substituents is 1. The van der Waals surface area contributed by atoms with E-state index in [0.29, 0.717) is 17.0 Å². The van der Waals surface area contributed by atoms with Crippen molar-refractivity contribution in [2.24, 2.45) is 5.92 Å². The Kier molecular flexibility index (Phi) is 4.31. The van der Waals surface area contributed by atoms with Crippen molar-refractivity contribution in [1.29, 1.82) is 0 Å². The van der Waals surface area contributed by atoms with E-state index in [1.165, 1.54) is 12.5 Å². The monoisotopic (exact) mass is 305 g/mol. The molecule has 0 unspecified atom stereocenters. The van der Waals surface area contributed by atoms with Crippen LogP contribution >= 0.6 is 0 Å². The number of nitrogens with zero attached hydrogens (tertiary/aromatic N) is 2. The molecular weight excluding hydrogens is 282 g/mol. The van der Waals surface area contributed by atoms with E-state index in [9.17, 15) is 15.2 Å². The van der Waals surface area contributed by atoms with Crippen LogP contribution in [0, 0.1) is 23.0 Å². The molecule has 1 saturated carbocycles. The third-order valence-electron chi connectivity index (χ3n) is 5.03. The largest absolute Gasteiger partial charge is 0.507 e. The van der Waals surface area contributed by atoms with Gasteiger partial charge in [-0.2, -0.15) is 0 Å². The summed E-state index contributed by atoms with van der Waals surface area (Å²) in [4.78, 5) is 13.4. The van der Waals surface area contributed by atoms with Crippen molar-refractivity contribution >= 4 is 5.69 Å². The topological polar surface area (TPSA) is 78.6 Å². The van der Waals surface area contributed by atoms with Crippen LogP contribution in [0.2, 0.25) is 0 Å². The van der Waals surface area contributed by atoms with Gasteiger partial charge in [0.2, 0.25) is 0 Å². The fourth-order valence-corrected chi connectivity index (χ4v) is 3.59. The van der Waals surface area contributed by atoms with Crippen LogP contribution in [-0.4, -0.2) is 41.1 Å². The number of hydrogen-bond donors (Lipinski definition) is 2. The number of benzene rings is 1. The highest BCUT2D eigenvalue weighted by molar-refractivity contribution is 5.55. The average molecular weight is 305 g/mol. The van der Waals surface area contributed by atoms with Gasteiger partial charge in [-0.3, -0.25) is 15.0 Å². The van der Waals surface area contributed by atoms with Crippen molar-refractivity contribution in [3.8, 4) is 5.75 Å². The van der Waals surface area contributed by atoms with Gasteiger partial charge in [0, 0.05) is 38.3 Å². The summed E-state index contributed by atoms with van der Waals surface area (Å²) in [6, 6.07) is 3.13. The van der Waals surface area contributed by atoms with E-state index in [1.54, 1.807) is 13.0 Å². The first kappa shape index (κ1) is 15.2. The van der Waals surface area contributed by atoms with Crippen molar-refractivity contribution in [2.75, 3.05) is 26.2 Å². The first-order valence-corrected chi connectivity index (χ1v) is 8.01. The Hall–Kier alpha value is -1.66. The molecule has 1 aliphatic heterocycles. The van der Waals surface area contributed by atoms with Crippen LogP contribution < -0.4 is 5.32 Å².